The van der Waals surface area contributed by atoms with Crippen LogP contribution in [0, 0.1) is 6.92 Å². The largest absolute Gasteiger partial charge is 0.497 e. The molecule has 0 bridgehead atoms. The molecule has 0 spiro atoms. The Balaban J connectivity index is 1.69. The van der Waals surface area contributed by atoms with Gasteiger partial charge in [-0.3, -0.25) is 4.79 Å². The van der Waals surface area contributed by atoms with E-state index >= 15 is 0 Å². The van der Waals surface area contributed by atoms with E-state index in [2.05, 4.69) is 28.2 Å². The Bertz CT molecular complexity index is 993. The molecule has 3 aromatic rings. The van der Waals surface area contributed by atoms with E-state index in [1.165, 1.54) is 24.8 Å². The van der Waals surface area contributed by atoms with Crippen LogP contribution >= 0.6 is 0 Å². The second kappa shape index (κ2) is 7.89. The fourth-order valence-electron chi connectivity index (χ4n) is 3.70. The lowest BCUT2D eigenvalue weighted by Crippen LogP contribution is -2.30. The first-order valence-electron chi connectivity index (χ1n) is 9.76. The van der Waals surface area contributed by atoms with Crippen molar-refractivity contribution >= 4 is 28.2 Å². The molecule has 1 fully saturated rings. The van der Waals surface area contributed by atoms with E-state index in [0.717, 1.165) is 41.1 Å². The molecule has 4 rings (SSSR count). The van der Waals surface area contributed by atoms with Crippen molar-refractivity contribution in [3.8, 4) is 5.75 Å². The topological polar surface area (TPSA) is 54.5 Å². The third-order valence-corrected chi connectivity index (χ3v) is 5.22. The smallest absolute Gasteiger partial charge is 0.274 e. The Morgan fingerprint density at radius 2 is 1.79 bits per heavy atom. The zero-order chi connectivity index (χ0) is 19.5. The van der Waals surface area contributed by atoms with Crippen LogP contribution in [0.2, 0.25) is 0 Å². The van der Waals surface area contributed by atoms with Gasteiger partial charge >= 0.3 is 0 Å². The highest BCUT2D eigenvalue weighted by Crippen LogP contribution is 2.30. The van der Waals surface area contributed by atoms with Crippen LogP contribution in [0.1, 0.15) is 35.3 Å². The number of anilines is 2. The van der Waals surface area contributed by atoms with Crippen molar-refractivity contribution in [1.29, 1.82) is 0 Å². The van der Waals surface area contributed by atoms with Crippen molar-refractivity contribution in [3.05, 3.63) is 59.8 Å². The van der Waals surface area contributed by atoms with Gasteiger partial charge in [0.2, 0.25) is 0 Å². The van der Waals surface area contributed by atoms with Crippen LogP contribution in [-0.2, 0) is 0 Å². The standard InChI is InChI=1S/C23H25N3O2/c1-16-6-11-20-19(14-16)22(26-12-4-3-5-13-26)15-21(25-20)23(27)24-17-7-9-18(28-2)10-8-17/h6-11,14-15H,3-5,12-13H2,1-2H3,(H,24,27). The molecular formula is C23H25N3O2. The predicted molar refractivity (Wildman–Crippen MR) is 113 cm³/mol. The van der Waals surface area contributed by atoms with Crippen LogP contribution in [0.15, 0.2) is 48.5 Å². The third kappa shape index (κ3) is 3.79. The number of hydrogen-bond donors (Lipinski definition) is 1. The van der Waals surface area contributed by atoms with Gasteiger partial charge in [-0.05, 0) is 68.7 Å². The maximum atomic E-state index is 12.9. The van der Waals surface area contributed by atoms with E-state index < -0.39 is 0 Å². The van der Waals surface area contributed by atoms with Crippen LogP contribution in [-0.4, -0.2) is 31.1 Å². The molecule has 28 heavy (non-hydrogen) atoms. The van der Waals surface area contributed by atoms with E-state index in [9.17, 15) is 4.79 Å². The van der Waals surface area contributed by atoms with Crippen molar-refractivity contribution < 1.29 is 9.53 Å². The second-order valence-electron chi connectivity index (χ2n) is 7.28. The molecule has 1 aliphatic rings. The molecule has 0 atom stereocenters. The lowest BCUT2D eigenvalue weighted by atomic mass is 10.1. The molecule has 2 heterocycles. The Morgan fingerprint density at radius 3 is 2.50 bits per heavy atom. The first-order valence-corrected chi connectivity index (χ1v) is 9.76. The van der Waals surface area contributed by atoms with E-state index in [1.807, 2.05) is 42.5 Å². The van der Waals surface area contributed by atoms with Gasteiger partial charge in [0.25, 0.3) is 5.91 Å². The first-order chi connectivity index (χ1) is 13.6. The Kier molecular flexibility index (Phi) is 5.15. The summed E-state index contributed by atoms with van der Waals surface area (Å²) in [6.07, 6.45) is 3.63. The number of hydrogen-bond acceptors (Lipinski definition) is 4. The van der Waals surface area contributed by atoms with Crippen molar-refractivity contribution in [2.45, 2.75) is 26.2 Å². The summed E-state index contributed by atoms with van der Waals surface area (Å²) in [5.74, 6) is 0.551. The minimum Gasteiger partial charge on any atom is -0.497 e. The molecular weight excluding hydrogens is 350 g/mol. The summed E-state index contributed by atoms with van der Waals surface area (Å²) in [4.78, 5) is 19.9. The third-order valence-electron chi connectivity index (χ3n) is 5.22. The molecule has 0 saturated carbocycles. The number of pyridine rings is 1. The summed E-state index contributed by atoms with van der Waals surface area (Å²) in [7, 11) is 1.62. The second-order valence-corrected chi connectivity index (χ2v) is 7.28. The molecule has 1 N–H and O–H groups in total. The Labute approximate surface area is 165 Å². The summed E-state index contributed by atoms with van der Waals surface area (Å²) < 4.78 is 5.17. The van der Waals surface area contributed by atoms with Gasteiger partial charge < -0.3 is 15.0 Å². The van der Waals surface area contributed by atoms with Crippen LogP contribution in [0.25, 0.3) is 10.9 Å². The van der Waals surface area contributed by atoms with Crippen LogP contribution in [0.4, 0.5) is 11.4 Å². The van der Waals surface area contributed by atoms with Crippen molar-refractivity contribution in [2.24, 2.45) is 0 Å². The number of nitrogens with one attached hydrogen (secondary N) is 1. The zero-order valence-electron chi connectivity index (χ0n) is 16.4. The number of ether oxygens (including phenoxy) is 1. The average Bonchev–Trinajstić information content (AvgIpc) is 2.74. The van der Waals surface area contributed by atoms with Crippen LogP contribution in [0.3, 0.4) is 0 Å². The zero-order valence-corrected chi connectivity index (χ0v) is 16.4. The SMILES string of the molecule is COc1ccc(NC(=O)c2cc(N3CCCCC3)c3cc(C)ccc3n2)cc1. The molecule has 1 saturated heterocycles. The van der Waals surface area contributed by atoms with Crippen LogP contribution < -0.4 is 15.0 Å². The molecule has 0 aliphatic carbocycles. The lowest BCUT2D eigenvalue weighted by molar-refractivity contribution is 0.102. The minimum atomic E-state index is -0.203. The van der Waals surface area contributed by atoms with Crippen molar-refractivity contribution in [3.63, 3.8) is 0 Å². The maximum absolute atomic E-state index is 12.9. The summed E-state index contributed by atoms with van der Waals surface area (Å²) in [5, 5.41) is 4.05. The highest BCUT2D eigenvalue weighted by atomic mass is 16.5. The van der Waals surface area contributed by atoms with Crippen LogP contribution in [0.5, 0.6) is 5.75 Å². The number of aromatic nitrogens is 1. The lowest BCUT2D eigenvalue weighted by Gasteiger charge is -2.30. The average molecular weight is 375 g/mol. The van der Waals surface area contributed by atoms with Gasteiger partial charge in [-0.2, -0.15) is 0 Å². The number of carbonyl (C=O) groups excluding carboxylic acids is 1. The molecule has 5 heteroatoms. The number of amides is 1. The fraction of sp³-hybridized carbons (Fsp3) is 0.304. The summed E-state index contributed by atoms with van der Waals surface area (Å²) >= 11 is 0. The van der Waals surface area contributed by atoms with Gasteiger partial charge in [0.15, 0.2) is 0 Å². The van der Waals surface area contributed by atoms with Gasteiger partial charge in [0.1, 0.15) is 11.4 Å². The number of carbonyl (C=O) groups is 1. The number of benzene rings is 2. The fourth-order valence-corrected chi connectivity index (χ4v) is 3.70. The number of piperidine rings is 1. The number of methoxy groups -OCH3 is 1. The number of fused-ring (bicyclic) bond motifs is 1. The Hall–Kier alpha value is -3.08. The first kappa shape index (κ1) is 18.3. The highest BCUT2D eigenvalue weighted by Gasteiger charge is 2.18. The van der Waals surface area contributed by atoms with Gasteiger partial charge in [0.05, 0.1) is 12.6 Å². The predicted octanol–water partition coefficient (Wildman–Crippen LogP) is 4.79. The molecule has 144 valence electrons. The monoisotopic (exact) mass is 375 g/mol. The molecule has 1 amide bonds. The highest BCUT2D eigenvalue weighted by molar-refractivity contribution is 6.06. The maximum Gasteiger partial charge on any atom is 0.274 e. The van der Waals surface area contributed by atoms with Crippen molar-refractivity contribution in [1.82, 2.24) is 4.98 Å². The minimum absolute atomic E-state index is 0.203. The number of rotatable bonds is 4. The molecule has 1 aromatic heterocycles. The summed E-state index contributed by atoms with van der Waals surface area (Å²) in [6.45, 7) is 4.13. The number of nitrogens with zero attached hydrogens (tertiary/aromatic N) is 2. The molecule has 1 aliphatic heterocycles. The molecule has 0 radical (unpaired) electrons. The molecule has 0 unspecified atom stereocenters. The van der Waals surface area contributed by atoms with Gasteiger partial charge in [0, 0.05) is 29.9 Å². The summed E-state index contributed by atoms with van der Waals surface area (Å²) in [5.41, 5.74) is 4.31. The Morgan fingerprint density at radius 1 is 1.04 bits per heavy atom. The van der Waals surface area contributed by atoms with E-state index in [-0.39, 0.29) is 5.91 Å². The van der Waals surface area contributed by atoms with E-state index in [4.69, 9.17) is 4.74 Å². The normalized spacial score (nSPS) is 14.1. The molecule has 5 nitrogen and oxygen atoms in total. The van der Waals surface area contributed by atoms with Crippen molar-refractivity contribution in [2.75, 3.05) is 30.4 Å². The van der Waals surface area contributed by atoms with Gasteiger partial charge in [-0.15, -0.1) is 0 Å². The van der Waals surface area contributed by atoms with E-state index in [1.54, 1.807) is 7.11 Å². The quantitative estimate of drug-likeness (QED) is 0.712. The summed E-state index contributed by atoms with van der Waals surface area (Å²) in [6, 6.07) is 15.4. The van der Waals surface area contributed by atoms with E-state index in [0.29, 0.717) is 5.69 Å². The molecule has 2 aromatic carbocycles. The van der Waals surface area contributed by atoms with Gasteiger partial charge in [-0.25, -0.2) is 4.98 Å². The van der Waals surface area contributed by atoms with Gasteiger partial charge in [-0.1, -0.05) is 11.6 Å². The number of aryl methyl sites for hydroxylation is 1.